The Labute approximate surface area is 119 Å². The van der Waals surface area contributed by atoms with Crippen LogP contribution in [0.2, 0.25) is 0 Å². The second kappa shape index (κ2) is 6.53. The van der Waals surface area contributed by atoms with Crippen LogP contribution >= 0.6 is 11.8 Å². The molecule has 1 aromatic carbocycles. The summed E-state index contributed by atoms with van der Waals surface area (Å²) in [4.78, 5) is 14.8. The number of carboxylic acid groups (broad SMARTS) is 1. The predicted octanol–water partition coefficient (Wildman–Crippen LogP) is 2.13. The van der Waals surface area contributed by atoms with Crippen molar-refractivity contribution in [2.75, 3.05) is 5.75 Å². The number of oxazole rings is 1. The number of nitrogens with zero attached hydrogens (tertiary/aromatic N) is 1. The molecule has 20 heavy (non-hydrogen) atoms. The highest BCUT2D eigenvalue weighted by molar-refractivity contribution is 7.98. The third-order valence-electron chi connectivity index (χ3n) is 2.49. The van der Waals surface area contributed by atoms with E-state index in [1.54, 1.807) is 12.1 Å². The van der Waals surface area contributed by atoms with Crippen LogP contribution in [0, 0.1) is 5.82 Å². The zero-order chi connectivity index (χ0) is 14.5. The van der Waals surface area contributed by atoms with Crippen molar-refractivity contribution in [3.63, 3.8) is 0 Å². The Hall–Kier alpha value is -1.86. The summed E-state index contributed by atoms with van der Waals surface area (Å²) >= 11 is 1.35. The molecule has 0 radical (unpaired) electrons. The maximum atomic E-state index is 13.1. The highest BCUT2D eigenvalue weighted by Gasteiger charge is 2.12. The second-order valence-electron chi connectivity index (χ2n) is 4.11. The highest BCUT2D eigenvalue weighted by Crippen LogP contribution is 2.21. The Balaban J connectivity index is 1.94. The Bertz CT molecular complexity index is 603. The van der Waals surface area contributed by atoms with Crippen LogP contribution < -0.4 is 5.73 Å². The molecule has 0 aliphatic heterocycles. The number of benzene rings is 1. The Morgan fingerprint density at radius 3 is 3.05 bits per heavy atom. The summed E-state index contributed by atoms with van der Waals surface area (Å²) in [5.74, 6) is -0.276. The van der Waals surface area contributed by atoms with Crippen molar-refractivity contribution < 1.29 is 18.7 Å². The first-order valence-corrected chi connectivity index (χ1v) is 6.98. The van der Waals surface area contributed by atoms with Gasteiger partial charge in [-0.25, -0.2) is 9.37 Å². The standard InChI is InChI=1S/C13H13FN2O3S/c14-9-3-1-2-8(4-9)12-16-10(5-19-12)6-20-7-11(15)13(17)18/h1-5,11H,6-7,15H2,(H,17,18). The SMILES string of the molecule is NC(CSCc1coc(-c2cccc(F)c2)n1)C(=O)O. The first kappa shape index (κ1) is 14.5. The van der Waals surface area contributed by atoms with Crippen LogP contribution in [0.15, 0.2) is 34.9 Å². The van der Waals surface area contributed by atoms with Crippen LogP contribution in [-0.2, 0) is 10.5 Å². The summed E-state index contributed by atoms with van der Waals surface area (Å²) in [6.07, 6.45) is 1.47. The molecule has 1 unspecified atom stereocenters. The monoisotopic (exact) mass is 296 g/mol. The summed E-state index contributed by atoms with van der Waals surface area (Å²) in [6, 6.07) is 5.07. The van der Waals surface area contributed by atoms with Crippen LogP contribution in [0.1, 0.15) is 5.69 Å². The Morgan fingerprint density at radius 1 is 1.55 bits per heavy atom. The number of aromatic nitrogens is 1. The first-order valence-electron chi connectivity index (χ1n) is 5.82. The smallest absolute Gasteiger partial charge is 0.321 e. The minimum Gasteiger partial charge on any atom is -0.480 e. The lowest BCUT2D eigenvalue weighted by Gasteiger charge is -2.03. The van der Waals surface area contributed by atoms with Gasteiger partial charge in [0.1, 0.15) is 18.1 Å². The summed E-state index contributed by atoms with van der Waals surface area (Å²) in [5, 5.41) is 8.65. The maximum Gasteiger partial charge on any atom is 0.321 e. The number of hydrogen-bond donors (Lipinski definition) is 2. The van der Waals surface area contributed by atoms with E-state index in [-0.39, 0.29) is 11.6 Å². The average Bonchev–Trinajstić information content (AvgIpc) is 2.87. The number of aliphatic carboxylic acids is 1. The van der Waals surface area contributed by atoms with E-state index >= 15 is 0 Å². The number of hydrogen-bond acceptors (Lipinski definition) is 5. The van der Waals surface area contributed by atoms with Gasteiger partial charge in [0, 0.05) is 17.1 Å². The fourth-order valence-electron chi connectivity index (χ4n) is 1.49. The highest BCUT2D eigenvalue weighted by atomic mass is 32.2. The fourth-order valence-corrected chi connectivity index (χ4v) is 2.35. The van der Waals surface area contributed by atoms with Gasteiger partial charge in [-0.1, -0.05) is 6.07 Å². The number of carbonyl (C=O) groups is 1. The topological polar surface area (TPSA) is 89.4 Å². The van der Waals surface area contributed by atoms with E-state index in [0.717, 1.165) is 0 Å². The molecule has 1 heterocycles. The molecule has 0 saturated heterocycles. The van der Waals surface area contributed by atoms with Crippen molar-refractivity contribution in [2.45, 2.75) is 11.8 Å². The molecule has 0 amide bonds. The predicted molar refractivity (Wildman–Crippen MR) is 73.7 cm³/mol. The molecule has 3 N–H and O–H groups in total. The largest absolute Gasteiger partial charge is 0.480 e. The molecular weight excluding hydrogens is 283 g/mol. The van der Waals surface area contributed by atoms with Crippen molar-refractivity contribution in [1.29, 1.82) is 0 Å². The number of halogens is 1. The van der Waals surface area contributed by atoms with Crippen LogP contribution in [-0.4, -0.2) is 27.9 Å². The first-order chi connectivity index (χ1) is 9.56. The molecule has 2 aromatic rings. The van der Waals surface area contributed by atoms with E-state index < -0.39 is 12.0 Å². The number of thioether (sulfide) groups is 1. The van der Waals surface area contributed by atoms with Gasteiger partial charge in [-0.3, -0.25) is 4.79 Å². The van der Waals surface area contributed by atoms with Gasteiger partial charge in [-0.05, 0) is 18.2 Å². The summed E-state index contributed by atoms with van der Waals surface area (Å²) < 4.78 is 18.4. The van der Waals surface area contributed by atoms with Crippen LogP contribution in [0.25, 0.3) is 11.5 Å². The molecule has 0 aliphatic rings. The van der Waals surface area contributed by atoms with Gasteiger partial charge in [0.2, 0.25) is 5.89 Å². The van der Waals surface area contributed by atoms with E-state index in [1.165, 1.54) is 30.2 Å². The summed E-state index contributed by atoms with van der Waals surface area (Å²) in [6.45, 7) is 0. The normalized spacial score (nSPS) is 12.3. The van der Waals surface area contributed by atoms with Gasteiger partial charge in [-0.2, -0.15) is 11.8 Å². The zero-order valence-corrected chi connectivity index (χ0v) is 11.3. The number of nitrogens with two attached hydrogens (primary N) is 1. The van der Waals surface area contributed by atoms with Gasteiger partial charge in [0.05, 0.1) is 5.69 Å². The van der Waals surface area contributed by atoms with Gasteiger partial charge >= 0.3 is 5.97 Å². The molecule has 0 bridgehead atoms. The lowest BCUT2D eigenvalue weighted by atomic mass is 10.2. The molecule has 0 aliphatic carbocycles. The summed E-state index contributed by atoms with van der Waals surface area (Å²) in [7, 11) is 0. The van der Waals surface area contributed by atoms with E-state index in [1.807, 2.05) is 0 Å². The molecule has 0 fully saturated rings. The lowest BCUT2D eigenvalue weighted by molar-refractivity contribution is -0.137. The van der Waals surface area contributed by atoms with Gasteiger partial charge in [-0.15, -0.1) is 0 Å². The molecule has 0 saturated carbocycles. The molecule has 7 heteroatoms. The second-order valence-corrected chi connectivity index (χ2v) is 5.14. The third kappa shape index (κ3) is 3.82. The van der Waals surface area contributed by atoms with Crippen LogP contribution in [0.5, 0.6) is 0 Å². The molecule has 1 aromatic heterocycles. The minimum absolute atomic E-state index is 0.289. The van der Waals surface area contributed by atoms with Gasteiger partial charge in [0.25, 0.3) is 0 Å². The Kier molecular flexibility index (Phi) is 4.75. The van der Waals surface area contributed by atoms with E-state index in [9.17, 15) is 9.18 Å². The van der Waals surface area contributed by atoms with E-state index in [2.05, 4.69) is 4.98 Å². The zero-order valence-electron chi connectivity index (χ0n) is 10.5. The molecular formula is C13H13FN2O3S. The molecule has 1 atom stereocenters. The van der Waals surface area contributed by atoms with Crippen molar-refractivity contribution in [1.82, 2.24) is 4.98 Å². The minimum atomic E-state index is -1.03. The van der Waals surface area contributed by atoms with Crippen molar-refractivity contribution in [3.8, 4) is 11.5 Å². The quantitative estimate of drug-likeness (QED) is 0.848. The van der Waals surface area contributed by atoms with Crippen molar-refractivity contribution >= 4 is 17.7 Å². The summed E-state index contributed by atoms with van der Waals surface area (Å²) in [5.41, 5.74) is 6.61. The fraction of sp³-hybridized carbons (Fsp3) is 0.231. The van der Waals surface area contributed by atoms with E-state index in [4.69, 9.17) is 15.3 Å². The van der Waals surface area contributed by atoms with Crippen molar-refractivity contribution in [3.05, 3.63) is 42.0 Å². The van der Waals surface area contributed by atoms with E-state index in [0.29, 0.717) is 22.9 Å². The van der Waals surface area contributed by atoms with Crippen LogP contribution in [0.4, 0.5) is 4.39 Å². The number of carboxylic acids is 1. The molecule has 2 rings (SSSR count). The maximum absolute atomic E-state index is 13.1. The molecule has 5 nitrogen and oxygen atoms in total. The molecule has 0 spiro atoms. The van der Waals surface area contributed by atoms with Crippen molar-refractivity contribution in [2.24, 2.45) is 5.73 Å². The van der Waals surface area contributed by atoms with Crippen LogP contribution in [0.3, 0.4) is 0 Å². The van der Waals surface area contributed by atoms with Gasteiger partial charge < -0.3 is 15.3 Å². The average molecular weight is 296 g/mol. The third-order valence-corrected chi connectivity index (χ3v) is 3.58. The van der Waals surface area contributed by atoms with Gasteiger partial charge in [0.15, 0.2) is 0 Å². The molecule has 106 valence electrons. The Morgan fingerprint density at radius 2 is 2.35 bits per heavy atom. The lowest BCUT2D eigenvalue weighted by Crippen LogP contribution is -2.32. The number of rotatable bonds is 6.